The Balaban J connectivity index is 1.74. The maximum atomic E-state index is 12.7. The van der Waals surface area contributed by atoms with Crippen LogP contribution in [0, 0.1) is 0 Å². The van der Waals surface area contributed by atoms with Crippen molar-refractivity contribution in [2.75, 3.05) is 17.7 Å². The van der Waals surface area contributed by atoms with E-state index in [2.05, 4.69) is 20.3 Å². The van der Waals surface area contributed by atoms with Gasteiger partial charge >= 0.3 is 0 Å². The Morgan fingerprint density at radius 1 is 0.909 bits per heavy atom. The number of nitrogens with zero attached hydrogens (tertiary/aromatic N) is 1. The Kier molecular flexibility index (Phi) is 7.41. The minimum atomic E-state index is -3.88. The van der Waals surface area contributed by atoms with E-state index in [0.717, 1.165) is 0 Å². The number of hydrogen-bond donors (Lipinski definition) is 3. The quantitative estimate of drug-likeness (QED) is 0.466. The molecule has 172 valence electrons. The van der Waals surface area contributed by atoms with Crippen molar-refractivity contribution in [3.05, 3.63) is 78.1 Å². The van der Waals surface area contributed by atoms with E-state index in [4.69, 9.17) is 4.74 Å². The molecule has 10 heteroatoms. The van der Waals surface area contributed by atoms with Crippen molar-refractivity contribution in [3.63, 3.8) is 0 Å². The summed E-state index contributed by atoms with van der Waals surface area (Å²) >= 11 is 0. The van der Waals surface area contributed by atoms with Crippen LogP contribution in [0.25, 0.3) is 0 Å². The van der Waals surface area contributed by atoms with Crippen LogP contribution >= 0.6 is 0 Å². The predicted octanol–water partition coefficient (Wildman–Crippen LogP) is 3.28. The van der Waals surface area contributed by atoms with E-state index in [1.54, 1.807) is 56.4 Å². The van der Waals surface area contributed by atoms with Crippen molar-refractivity contribution in [2.24, 2.45) is 0 Å². The van der Waals surface area contributed by atoms with E-state index in [9.17, 15) is 18.0 Å². The van der Waals surface area contributed by atoms with Gasteiger partial charge in [-0.3, -0.25) is 14.6 Å². The first-order valence-electron chi connectivity index (χ1n) is 10.0. The Hall–Kier alpha value is -3.76. The molecule has 0 saturated carbocycles. The molecule has 0 aliphatic heterocycles. The molecule has 3 aromatic rings. The fraction of sp³-hybridized carbons (Fsp3) is 0.174. The van der Waals surface area contributed by atoms with Crippen LogP contribution in [-0.2, 0) is 10.0 Å². The lowest BCUT2D eigenvalue weighted by Gasteiger charge is -2.14. The summed E-state index contributed by atoms with van der Waals surface area (Å²) in [6.07, 6.45) is 3.14. The molecule has 1 heterocycles. The largest absolute Gasteiger partial charge is 0.495 e. The Morgan fingerprint density at radius 2 is 1.55 bits per heavy atom. The number of rotatable bonds is 8. The number of ether oxygens (including phenoxy) is 1. The lowest BCUT2D eigenvalue weighted by atomic mass is 10.1. The van der Waals surface area contributed by atoms with E-state index in [1.165, 1.54) is 31.5 Å². The van der Waals surface area contributed by atoms with Crippen LogP contribution in [-0.4, -0.2) is 38.4 Å². The number of benzene rings is 2. The van der Waals surface area contributed by atoms with Gasteiger partial charge in [-0.05, 0) is 68.4 Å². The van der Waals surface area contributed by atoms with Gasteiger partial charge in [0.25, 0.3) is 11.8 Å². The van der Waals surface area contributed by atoms with Gasteiger partial charge in [-0.2, -0.15) is 0 Å². The number of methoxy groups -OCH3 is 1. The molecule has 0 fully saturated rings. The third kappa shape index (κ3) is 6.15. The molecule has 2 aromatic carbocycles. The monoisotopic (exact) mass is 468 g/mol. The molecule has 3 rings (SSSR count). The Bertz CT molecular complexity index is 1240. The van der Waals surface area contributed by atoms with E-state index in [0.29, 0.717) is 16.9 Å². The van der Waals surface area contributed by atoms with Gasteiger partial charge in [0.05, 0.1) is 19.0 Å². The molecule has 0 aliphatic rings. The van der Waals surface area contributed by atoms with Gasteiger partial charge in [-0.25, -0.2) is 13.1 Å². The normalized spacial score (nSPS) is 11.2. The minimum Gasteiger partial charge on any atom is -0.495 e. The molecule has 9 nitrogen and oxygen atoms in total. The molecule has 0 saturated heterocycles. The zero-order valence-electron chi connectivity index (χ0n) is 18.3. The van der Waals surface area contributed by atoms with Crippen molar-refractivity contribution in [1.29, 1.82) is 0 Å². The van der Waals surface area contributed by atoms with Crippen molar-refractivity contribution >= 4 is 33.2 Å². The number of amides is 2. The highest BCUT2D eigenvalue weighted by Gasteiger charge is 2.22. The van der Waals surface area contributed by atoms with Crippen molar-refractivity contribution in [3.8, 4) is 5.75 Å². The number of nitrogens with one attached hydrogen (secondary N) is 3. The fourth-order valence-electron chi connectivity index (χ4n) is 2.95. The zero-order chi connectivity index (χ0) is 24.0. The smallest absolute Gasteiger partial charge is 0.255 e. The van der Waals surface area contributed by atoms with Crippen molar-refractivity contribution < 1.29 is 22.7 Å². The molecular formula is C23H24N4O5S. The Labute approximate surface area is 192 Å². The first-order valence-corrected chi connectivity index (χ1v) is 11.5. The van der Waals surface area contributed by atoms with Crippen LogP contribution in [0.1, 0.15) is 34.6 Å². The van der Waals surface area contributed by atoms with Crippen molar-refractivity contribution in [2.45, 2.75) is 24.8 Å². The summed E-state index contributed by atoms with van der Waals surface area (Å²) in [5, 5.41) is 5.42. The summed E-state index contributed by atoms with van der Waals surface area (Å²) in [5.41, 5.74) is 1.54. The standard InChI is InChI=1S/C23H24N4O5S/c1-15(2)27-33(30,31)21-13-17(8-11-20(21)32-3)23(29)25-18-9-6-16(7-10-18)22(28)26-19-5-4-12-24-14-19/h4-15,27H,1-3H3,(H,25,29)(H,26,28). The van der Waals surface area contributed by atoms with Crippen LogP contribution in [0.5, 0.6) is 5.75 Å². The second kappa shape index (κ2) is 10.2. The lowest BCUT2D eigenvalue weighted by Crippen LogP contribution is -2.30. The van der Waals surface area contributed by atoms with Gasteiger partial charge < -0.3 is 15.4 Å². The molecule has 2 amide bonds. The van der Waals surface area contributed by atoms with Crippen LogP contribution in [0.4, 0.5) is 11.4 Å². The summed E-state index contributed by atoms with van der Waals surface area (Å²) < 4.78 is 32.9. The second-order valence-electron chi connectivity index (χ2n) is 7.37. The third-order valence-corrected chi connectivity index (χ3v) is 6.11. The third-order valence-electron chi connectivity index (χ3n) is 4.43. The number of anilines is 2. The predicted molar refractivity (Wildman–Crippen MR) is 125 cm³/mol. The number of pyridine rings is 1. The van der Waals surface area contributed by atoms with Gasteiger partial charge in [0.15, 0.2) is 0 Å². The molecule has 0 bridgehead atoms. The molecule has 33 heavy (non-hydrogen) atoms. The summed E-state index contributed by atoms with van der Waals surface area (Å²) in [7, 11) is -2.52. The van der Waals surface area contributed by atoms with Crippen molar-refractivity contribution in [1.82, 2.24) is 9.71 Å². The molecule has 3 N–H and O–H groups in total. The molecule has 0 spiro atoms. The number of carbonyl (C=O) groups is 2. The number of aromatic nitrogens is 1. The molecule has 0 radical (unpaired) electrons. The van der Waals surface area contributed by atoms with Gasteiger partial charge in [0.1, 0.15) is 10.6 Å². The summed E-state index contributed by atoms with van der Waals surface area (Å²) in [5.74, 6) is -0.696. The van der Waals surface area contributed by atoms with Gasteiger partial charge in [0, 0.05) is 29.1 Å². The van der Waals surface area contributed by atoms with Crippen LogP contribution < -0.4 is 20.1 Å². The Morgan fingerprint density at radius 3 is 2.15 bits per heavy atom. The highest BCUT2D eigenvalue weighted by Crippen LogP contribution is 2.25. The van der Waals surface area contributed by atoms with Crippen LogP contribution in [0.2, 0.25) is 0 Å². The molecule has 0 aliphatic carbocycles. The molecular weight excluding hydrogens is 444 g/mol. The average molecular weight is 469 g/mol. The first-order chi connectivity index (χ1) is 15.7. The SMILES string of the molecule is COc1ccc(C(=O)Nc2ccc(C(=O)Nc3cccnc3)cc2)cc1S(=O)(=O)NC(C)C. The maximum absolute atomic E-state index is 12.7. The van der Waals surface area contributed by atoms with E-state index < -0.39 is 15.9 Å². The summed E-state index contributed by atoms with van der Waals surface area (Å²) in [4.78, 5) is 28.9. The summed E-state index contributed by atoms with van der Waals surface area (Å²) in [6, 6.07) is 13.6. The topological polar surface area (TPSA) is 126 Å². The van der Waals surface area contributed by atoms with Gasteiger partial charge in [-0.1, -0.05) is 0 Å². The number of carbonyl (C=O) groups excluding carboxylic acids is 2. The van der Waals surface area contributed by atoms with E-state index in [1.807, 2.05) is 0 Å². The van der Waals surface area contributed by atoms with Gasteiger partial charge in [-0.15, -0.1) is 0 Å². The summed E-state index contributed by atoms with van der Waals surface area (Å²) in [6.45, 7) is 3.39. The highest BCUT2D eigenvalue weighted by molar-refractivity contribution is 7.89. The zero-order valence-corrected chi connectivity index (χ0v) is 19.1. The van der Waals surface area contributed by atoms with E-state index >= 15 is 0 Å². The molecule has 0 unspecified atom stereocenters. The van der Waals surface area contributed by atoms with Crippen LogP contribution in [0.3, 0.4) is 0 Å². The molecule has 0 atom stereocenters. The number of sulfonamides is 1. The maximum Gasteiger partial charge on any atom is 0.255 e. The van der Waals surface area contributed by atoms with Crippen LogP contribution in [0.15, 0.2) is 71.9 Å². The van der Waals surface area contributed by atoms with Gasteiger partial charge in [0.2, 0.25) is 10.0 Å². The second-order valence-corrected chi connectivity index (χ2v) is 9.05. The fourth-order valence-corrected chi connectivity index (χ4v) is 4.40. The lowest BCUT2D eigenvalue weighted by molar-refractivity contribution is 0.101. The average Bonchev–Trinajstić information content (AvgIpc) is 2.79. The number of hydrogen-bond acceptors (Lipinski definition) is 6. The van der Waals surface area contributed by atoms with E-state index in [-0.39, 0.29) is 28.2 Å². The minimum absolute atomic E-state index is 0.128. The molecule has 1 aromatic heterocycles. The first kappa shape index (κ1) is 23.9. The highest BCUT2D eigenvalue weighted by atomic mass is 32.2.